The van der Waals surface area contributed by atoms with Crippen molar-refractivity contribution in [1.29, 1.82) is 0 Å². The third-order valence-electron chi connectivity index (χ3n) is 5.80. The van der Waals surface area contributed by atoms with Crippen LogP contribution in [-0.4, -0.2) is 29.3 Å². The van der Waals surface area contributed by atoms with E-state index in [0.717, 1.165) is 22.3 Å². The molecule has 0 aliphatic rings. The summed E-state index contributed by atoms with van der Waals surface area (Å²) >= 11 is 6.23. The molecular weight excluding hydrogens is 444 g/mol. The molecule has 0 heterocycles. The average molecular weight is 477 g/mol. The summed E-state index contributed by atoms with van der Waals surface area (Å²) in [4.78, 5) is 28.9. The van der Waals surface area contributed by atoms with Crippen LogP contribution in [0.1, 0.15) is 36.1 Å². The fourth-order valence-electron chi connectivity index (χ4n) is 3.88. The van der Waals surface area contributed by atoms with Gasteiger partial charge in [-0.15, -0.1) is 0 Å². The van der Waals surface area contributed by atoms with Gasteiger partial charge >= 0.3 is 0 Å². The van der Waals surface area contributed by atoms with E-state index in [-0.39, 0.29) is 18.2 Å². The lowest BCUT2D eigenvalue weighted by Gasteiger charge is -2.32. The summed E-state index contributed by atoms with van der Waals surface area (Å²) in [5, 5.41) is 3.66. The number of hydrogen-bond donors (Lipinski definition) is 1. The summed E-state index contributed by atoms with van der Waals surface area (Å²) in [6.07, 6.45) is 0.667. The predicted octanol–water partition coefficient (Wildman–Crippen LogP) is 5.60. The predicted molar refractivity (Wildman–Crippen MR) is 139 cm³/mol. The molecule has 34 heavy (non-hydrogen) atoms. The van der Waals surface area contributed by atoms with Gasteiger partial charge in [-0.25, -0.2) is 0 Å². The zero-order valence-electron chi connectivity index (χ0n) is 20.1. The highest BCUT2D eigenvalue weighted by Gasteiger charge is 2.30. The first-order valence-corrected chi connectivity index (χ1v) is 12.1. The lowest BCUT2D eigenvalue weighted by molar-refractivity contribution is -0.140. The van der Waals surface area contributed by atoms with Gasteiger partial charge in [0.25, 0.3) is 0 Å². The van der Waals surface area contributed by atoms with Crippen LogP contribution in [0.4, 0.5) is 0 Å². The van der Waals surface area contributed by atoms with Crippen molar-refractivity contribution in [2.45, 2.75) is 46.2 Å². The molecule has 0 unspecified atom stereocenters. The number of carbonyl (C=O) groups is 2. The smallest absolute Gasteiger partial charge is 0.243 e. The van der Waals surface area contributed by atoms with Gasteiger partial charge in [-0.1, -0.05) is 92.2 Å². The van der Waals surface area contributed by atoms with Crippen molar-refractivity contribution in [3.8, 4) is 0 Å². The molecule has 178 valence electrons. The molecule has 0 fully saturated rings. The number of amides is 2. The second-order valence-corrected chi connectivity index (χ2v) is 9.54. The van der Waals surface area contributed by atoms with E-state index >= 15 is 0 Å². The average Bonchev–Trinajstić information content (AvgIpc) is 2.82. The second kappa shape index (κ2) is 12.4. The SMILES string of the molecule is Cc1ccccc1CC(=O)N(Cc1cccc(Cl)c1)[C@H](Cc1ccccc1)C(=O)NCC(C)C. The van der Waals surface area contributed by atoms with E-state index in [9.17, 15) is 9.59 Å². The third kappa shape index (κ3) is 7.46. The van der Waals surface area contributed by atoms with Gasteiger partial charge in [-0.05, 0) is 47.2 Å². The van der Waals surface area contributed by atoms with Crippen LogP contribution in [0.2, 0.25) is 5.02 Å². The molecule has 3 rings (SSSR count). The molecule has 0 saturated carbocycles. The van der Waals surface area contributed by atoms with Crippen molar-refractivity contribution in [2.75, 3.05) is 6.54 Å². The number of hydrogen-bond acceptors (Lipinski definition) is 2. The maximum atomic E-state index is 13.7. The van der Waals surface area contributed by atoms with Crippen LogP contribution in [0.15, 0.2) is 78.9 Å². The Kier molecular flexibility index (Phi) is 9.29. The molecule has 0 spiro atoms. The fraction of sp³-hybridized carbons (Fsp3) is 0.310. The van der Waals surface area contributed by atoms with Gasteiger partial charge in [0.05, 0.1) is 6.42 Å². The van der Waals surface area contributed by atoms with Crippen LogP contribution in [-0.2, 0) is 29.0 Å². The minimum Gasteiger partial charge on any atom is -0.354 e. The van der Waals surface area contributed by atoms with E-state index < -0.39 is 6.04 Å². The Balaban J connectivity index is 1.97. The molecule has 4 nitrogen and oxygen atoms in total. The van der Waals surface area contributed by atoms with E-state index in [4.69, 9.17) is 11.6 Å². The van der Waals surface area contributed by atoms with Crippen LogP contribution in [0.25, 0.3) is 0 Å². The minimum absolute atomic E-state index is 0.0881. The first-order valence-electron chi connectivity index (χ1n) is 11.7. The van der Waals surface area contributed by atoms with Crippen molar-refractivity contribution in [1.82, 2.24) is 10.2 Å². The number of rotatable bonds is 10. The summed E-state index contributed by atoms with van der Waals surface area (Å²) in [6, 6.07) is 24.5. The van der Waals surface area contributed by atoms with Crippen LogP contribution in [0.5, 0.6) is 0 Å². The molecule has 5 heteroatoms. The molecular formula is C29H33ClN2O2. The molecule has 2 amide bonds. The van der Waals surface area contributed by atoms with Crippen molar-refractivity contribution in [3.63, 3.8) is 0 Å². The standard InChI is InChI=1S/C29H33ClN2O2/c1-21(2)19-31-29(34)27(17-23-11-5-4-6-12-23)32(20-24-13-9-15-26(30)16-24)28(33)18-25-14-8-7-10-22(25)3/h4-16,21,27H,17-20H2,1-3H3,(H,31,34)/t27-/m1/s1. The van der Waals surface area contributed by atoms with Crippen LogP contribution in [0.3, 0.4) is 0 Å². The lowest BCUT2D eigenvalue weighted by Crippen LogP contribution is -2.51. The zero-order valence-corrected chi connectivity index (χ0v) is 20.9. The number of benzene rings is 3. The summed E-state index contributed by atoms with van der Waals surface area (Å²) in [7, 11) is 0. The topological polar surface area (TPSA) is 49.4 Å². The van der Waals surface area contributed by atoms with Crippen LogP contribution >= 0.6 is 11.6 Å². The van der Waals surface area contributed by atoms with E-state index in [0.29, 0.717) is 30.5 Å². The van der Waals surface area contributed by atoms with E-state index in [1.54, 1.807) is 11.0 Å². The molecule has 0 aliphatic heterocycles. The van der Waals surface area contributed by atoms with Crippen LogP contribution in [0, 0.1) is 12.8 Å². The highest BCUT2D eigenvalue weighted by Crippen LogP contribution is 2.19. The quantitative estimate of drug-likeness (QED) is 0.414. The number of carbonyl (C=O) groups excluding carboxylic acids is 2. The van der Waals surface area contributed by atoms with Crippen LogP contribution < -0.4 is 5.32 Å². The molecule has 3 aromatic rings. The normalized spacial score (nSPS) is 11.8. The van der Waals surface area contributed by atoms with E-state index in [1.807, 2.05) is 79.7 Å². The highest BCUT2D eigenvalue weighted by atomic mass is 35.5. The van der Waals surface area contributed by atoms with Gasteiger partial charge in [0.15, 0.2) is 0 Å². The van der Waals surface area contributed by atoms with E-state index in [1.165, 1.54) is 0 Å². The third-order valence-corrected chi connectivity index (χ3v) is 6.04. The minimum atomic E-state index is -0.642. The fourth-order valence-corrected chi connectivity index (χ4v) is 4.09. The number of aryl methyl sites for hydroxylation is 1. The number of nitrogens with zero attached hydrogens (tertiary/aromatic N) is 1. The second-order valence-electron chi connectivity index (χ2n) is 9.10. The Morgan fingerprint density at radius 3 is 2.26 bits per heavy atom. The van der Waals surface area contributed by atoms with Gasteiger partial charge in [-0.2, -0.15) is 0 Å². The maximum absolute atomic E-state index is 13.7. The Morgan fingerprint density at radius 2 is 1.59 bits per heavy atom. The van der Waals surface area contributed by atoms with Gasteiger partial charge in [-0.3, -0.25) is 9.59 Å². The molecule has 3 aromatic carbocycles. The summed E-state index contributed by atoms with van der Waals surface area (Å²) < 4.78 is 0. The molecule has 0 bridgehead atoms. The molecule has 1 N–H and O–H groups in total. The number of halogens is 1. The number of nitrogens with one attached hydrogen (secondary N) is 1. The Morgan fingerprint density at radius 1 is 0.912 bits per heavy atom. The van der Waals surface area contributed by atoms with Gasteiger partial charge in [0.1, 0.15) is 6.04 Å². The van der Waals surface area contributed by atoms with E-state index in [2.05, 4.69) is 19.2 Å². The zero-order chi connectivity index (χ0) is 24.5. The molecule has 0 aromatic heterocycles. The van der Waals surface area contributed by atoms with Crippen molar-refractivity contribution >= 4 is 23.4 Å². The largest absolute Gasteiger partial charge is 0.354 e. The van der Waals surface area contributed by atoms with Crippen molar-refractivity contribution < 1.29 is 9.59 Å². The summed E-state index contributed by atoms with van der Waals surface area (Å²) in [5.74, 6) is 0.0815. The first kappa shape index (κ1) is 25.5. The summed E-state index contributed by atoms with van der Waals surface area (Å²) in [5.41, 5.74) is 3.92. The molecule has 1 atom stereocenters. The van der Waals surface area contributed by atoms with Gasteiger partial charge < -0.3 is 10.2 Å². The monoisotopic (exact) mass is 476 g/mol. The highest BCUT2D eigenvalue weighted by molar-refractivity contribution is 6.30. The Hall–Kier alpha value is -3.11. The van der Waals surface area contributed by atoms with Gasteiger partial charge in [0, 0.05) is 24.5 Å². The van der Waals surface area contributed by atoms with Gasteiger partial charge in [0.2, 0.25) is 11.8 Å². The Labute approximate surface area is 207 Å². The molecule has 0 saturated heterocycles. The summed E-state index contributed by atoms with van der Waals surface area (Å²) in [6.45, 7) is 6.97. The lowest BCUT2D eigenvalue weighted by atomic mass is 10.00. The molecule has 0 aliphatic carbocycles. The van der Waals surface area contributed by atoms with Crippen molar-refractivity contribution in [3.05, 3.63) is 106 Å². The molecule has 0 radical (unpaired) electrons. The maximum Gasteiger partial charge on any atom is 0.243 e. The van der Waals surface area contributed by atoms with Crippen molar-refractivity contribution in [2.24, 2.45) is 5.92 Å². The Bertz CT molecular complexity index is 1100. The first-order chi connectivity index (χ1) is 16.3.